The van der Waals surface area contributed by atoms with Crippen molar-refractivity contribution in [1.29, 1.82) is 0 Å². The molecule has 0 saturated heterocycles. The molecule has 1 N–H and O–H groups in total. The Morgan fingerprint density at radius 1 is 1.07 bits per heavy atom. The third-order valence-corrected chi connectivity index (χ3v) is 4.93. The molecule has 4 aromatic rings. The van der Waals surface area contributed by atoms with E-state index in [0.29, 0.717) is 6.42 Å². The zero-order valence-electron chi connectivity index (χ0n) is 14.3. The molecule has 1 amide bonds. The highest BCUT2D eigenvalue weighted by Crippen LogP contribution is 2.21. The molecule has 2 heterocycles. The van der Waals surface area contributed by atoms with Crippen molar-refractivity contribution in [3.05, 3.63) is 101 Å². The van der Waals surface area contributed by atoms with Crippen LogP contribution in [0.5, 0.6) is 0 Å². The fourth-order valence-corrected chi connectivity index (χ4v) is 3.54. The number of hydrogen-bond donors (Lipinski definition) is 1. The number of halogens is 1. The van der Waals surface area contributed by atoms with Crippen LogP contribution in [0.25, 0.3) is 5.69 Å². The van der Waals surface area contributed by atoms with Crippen molar-refractivity contribution in [2.75, 3.05) is 5.32 Å². The summed E-state index contributed by atoms with van der Waals surface area (Å²) in [5.41, 5.74) is 2.31. The molecule has 4 rings (SSSR count). The van der Waals surface area contributed by atoms with E-state index in [4.69, 9.17) is 0 Å². The van der Waals surface area contributed by atoms with Gasteiger partial charge in [-0.1, -0.05) is 30.3 Å². The minimum absolute atomic E-state index is 0.129. The number of carbonyl (C=O) groups is 1. The van der Waals surface area contributed by atoms with Crippen LogP contribution in [0.4, 0.5) is 10.1 Å². The Bertz CT molecular complexity index is 1060. The van der Waals surface area contributed by atoms with Crippen molar-refractivity contribution < 1.29 is 9.18 Å². The highest BCUT2D eigenvalue weighted by atomic mass is 32.1. The van der Waals surface area contributed by atoms with Gasteiger partial charge in [0.25, 0.3) is 5.91 Å². The zero-order valence-corrected chi connectivity index (χ0v) is 15.1. The number of aromatic nitrogens is 2. The second-order valence-electron chi connectivity index (χ2n) is 6.00. The summed E-state index contributed by atoms with van der Waals surface area (Å²) in [7, 11) is 0. The molecular weight excluding hydrogens is 361 g/mol. The molecule has 134 valence electrons. The Morgan fingerprint density at radius 2 is 1.85 bits per heavy atom. The zero-order chi connectivity index (χ0) is 18.6. The number of hydrogen-bond acceptors (Lipinski definition) is 3. The molecule has 0 aliphatic rings. The maximum absolute atomic E-state index is 14.1. The summed E-state index contributed by atoms with van der Waals surface area (Å²) in [6, 6.07) is 18.3. The predicted octanol–water partition coefficient (Wildman–Crippen LogP) is 4.92. The number of anilines is 1. The first-order chi connectivity index (χ1) is 13.2. The van der Waals surface area contributed by atoms with Crippen LogP contribution in [0.3, 0.4) is 0 Å². The predicted molar refractivity (Wildman–Crippen MR) is 105 cm³/mol. The molecule has 0 bridgehead atoms. The van der Waals surface area contributed by atoms with Crippen molar-refractivity contribution in [3.8, 4) is 5.69 Å². The quantitative estimate of drug-likeness (QED) is 0.537. The number of nitrogens with one attached hydrogen (secondary N) is 1. The smallest absolute Gasteiger partial charge is 0.275 e. The first-order valence-electron chi connectivity index (χ1n) is 8.41. The first kappa shape index (κ1) is 17.2. The lowest BCUT2D eigenvalue weighted by Gasteiger charge is -2.08. The van der Waals surface area contributed by atoms with Gasteiger partial charge >= 0.3 is 0 Å². The van der Waals surface area contributed by atoms with E-state index < -0.39 is 11.7 Å². The van der Waals surface area contributed by atoms with Gasteiger partial charge in [-0.2, -0.15) is 0 Å². The number of rotatable bonds is 5. The third-order valence-electron chi connectivity index (χ3n) is 4.08. The lowest BCUT2D eigenvalue weighted by molar-refractivity contribution is 0.102. The number of nitrogens with zero attached hydrogens (tertiary/aromatic N) is 2. The lowest BCUT2D eigenvalue weighted by atomic mass is 10.2. The summed E-state index contributed by atoms with van der Waals surface area (Å²) in [4.78, 5) is 16.9. The van der Waals surface area contributed by atoms with Crippen molar-refractivity contribution in [2.24, 2.45) is 0 Å². The van der Waals surface area contributed by atoms with Gasteiger partial charge in [0.1, 0.15) is 11.5 Å². The van der Waals surface area contributed by atoms with Crippen molar-refractivity contribution in [1.82, 2.24) is 9.55 Å². The van der Waals surface area contributed by atoms with Crippen LogP contribution in [-0.4, -0.2) is 15.5 Å². The van der Waals surface area contributed by atoms with E-state index in [0.717, 1.165) is 16.3 Å². The van der Waals surface area contributed by atoms with E-state index in [1.807, 2.05) is 59.4 Å². The van der Waals surface area contributed by atoms with Crippen LogP contribution in [0.1, 0.15) is 21.1 Å². The molecule has 0 aliphatic heterocycles. The molecule has 0 spiro atoms. The Morgan fingerprint density at radius 3 is 2.63 bits per heavy atom. The van der Waals surface area contributed by atoms with E-state index in [1.54, 1.807) is 17.5 Å². The molecule has 2 aromatic heterocycles. The molecule has 2 aromatic carbocycles. The summed E-state index contributed by atoms with van der Waals surface area (Å²) in [5, 5.41) is 5.16. The standard InChI is InChI=1S/C21H16FN3OS/c22-17-9-8-16(25-10-4-5-11-25)13-18(17)24-21(26)19-14-27-20(23-19)12-15-6-2-1-3-7-15/h1-11,13-14H,12H2,(H,24,26). The van der Waals surface area contributed by atoms with E-state index in [9.17, 15) is 9.18 Å². The average Bonchev–Trinajstić information content (AvgIpc) is 3.36. The number of thiazole rings is 1. The van der Waals surface area contributed by atoms with Crippen molar-refractivity contribution >= 4 is 22.9 Å². The van der Waals surface area contributed by atoms with Gasteiger partial charge in [0.2, 0.25) is 0 Å². The number of benzene rings is 2. The Kier molecular flexibility index (Phi) is 4.80. The van der Waals surface area contributed by atoms with E-state index in [2.05, 4.69) is 10.3 Å². The van der Waals surface area contributed by atoms with Crippen LogP contribution in [0.2, 0.25) is 0 Å². The van der Waals surface area contributed by atoms with E-state index in [-0.39, 0.29) is 11.4 Å². The van der Waals surface area contributed by atoms with E-state index in [1.165, 1.54) is 17.4 Å². The van der Waals surface area contributed by atoms with Crippen LogP contribution in [0.15, 0.2) is 78.4 Å². The second kappa shape index (κ2) is 7.55. The Balaban J connectivity index is 1.50. The van der Waals surface area contributed by atoms with Crippen molar-refractivity contribution in [2.45, 2.75) is 6.42 Å². The molecular formula is C21H16FN3OS. The van der Waals surface area contributed by atoms with Crippen LogP contribution >= 0.6 is 11.3 Å². The Hall–Kier alpha value is -3.25. The third kappa shape index (κ3) is 3.96. The summed E-state index contributed by atoms with van der Waals surface area (Å²) in [5.74, 6) is -0.909. The fraction of sp³-hybridized carbons (Fsp3) is 0.0476. The molecule has 4 nitrogen and oxygen atoms in total. The Labute approximate surface area is 159 Å². The summed E-state index contributed by atoms with van der Waals surface area (Å²) >= 11 is 1.42. The summed E-state index contributed by atoms with van der Waals surface area (Å²) < 4.78 is 16.0. The van der Waals surface area contributed by atoms with Gasteiger partial charge in [0, 0.05) is 29.9 Å². The topological polar surface area (TPSA) is 46.9 Å². The molecule has 0 unspecified atom stereocenters. The van der Waals surface area contributed by atoms with Crippen LogP contribution in [0, 0.1) is 5.82 Å². The SMILES string of the molecule is O=C(Nc1cc(-n2cccc2)ccc1F)c1csc(Cc2ccccc2)n1. The van der Waals surface area contributed by atoms with Gasteiger partial charge < -0.3 is 9.88 Å². The lowest BCUT2D eigenvalue weighted by Crippen LogP contribution is -2.14. The molecule has 0 aliphatic carbocycles. The maximum atomic E-state index is 14.1. The van der Waals surface area contributed by atoms with Gasteiger partial charge in [0.05, 0.1) is 10.7 Å². The van der Waals surface area contributed by atoms with Crippen molar-refractivity contribution in [3.63, 3.8) is 0 Å². The van der Waals surface area contributed by atoms with Gasteiger partial charge in [-0.15, -0.1) is 11.3 Å². The van der Waals surface area contributed by atoms with Gasteiger partial charge in [-0.3, -0.25) is 4.79 Å². The molecule has 6 heteroatoms. The monoisotopic (exact) mass is 377 g/mol. The van der Waals surface area contributed by atoms with Crippen LogP contribution < -0.4 is 5.32 Å². The largest absolute Gasteiger partial charge is 0.324 e. The second-order valence-corrected chi connectivity index (χ2v) is 6.94. The summed E-state index contributed by atoms with van der Waals surface area (Å²) in [6.45, 7) is 0. The molecule has 0 atom stereocenters. The minimum atomic E-state index is -0.487. The molecule has 0 radical (unpaired) electrons. The highest BCUT2D eigenvalue weighted by molar-refractivity contribution is 7.09. The summed E-state index contributed by atoms with van der Waals surface area (Å²) in [6.07, 6.45) is 4.38. The number of amides is 1. The normalized spacial score (nSPS) is 10.7. The van der Waals surface area contributed by atoms with Crippen LogP contribution in [-0.2, 0) is 6.42 Å². The maximum Gasteiger partial charge on any atom is 0.275 e. The first-order valence-corrected chi connectivity index (χ1v) is 9.29. The molecule has 0 fully saturated rings. The minimum Gasteiger partial charge on any atom is -0.324 e. The number of carbonyl (C=O) groups excluding carboxylic acids is 1. The van der Waals surface area contributed by atoms with Gasteiger partial charge in [-0.25, -0.2) is 9.37 Å². The molecule has 27 heavy (non-hydrogen) atoms. The average molecular weight is 377 g/mol. The molecule has 0 saturated carbocycles. The van der Waals surface area contributed by atoms with E-state index >= 15 is 0 Å². The van der Waals surface area contributed by atoms with Gasteiger partial charge in [0.15, 0.2) is 0 Å². The fourth-order valence-electron chi connectivity index (χ4n) is 2.73. The highest BCUT2D eigenvalue weighted by Gasteiger charge is 2.14. The van der Waals surface area contributed by atoms with Gasteiger partial charge in [-0.05, 0) is 35.9 Å².